The normalized spacial score (nSPS) is 23.0. The number of benzene rings is 1. The standard InChI is InChI=1S/C19H28N2O2/c22-19(16-20-12-14-23-15-13-20)21-11-5-4-8-18(21)10-9-17-6-2-1-3-7-17/h1-3,6-7,18H,4-5,8-16H2/t18-/m0/s1. The number of morpholine rings is 1. The summed E-state index contributed by atoms with van der Waals surface area (Å²) in [7, 11) is 0. The van der Waals surface area contributed by atoms with E-state index in [0.717, 1.165) is 58.5 Å². The maximum atomic E-state index is 12.7. The number of likely N-dealkylation sites (tertiary alicyclic amines) is 1. The Balaban J connectivity index is 1.53. The zero-order chi connectivity index (χ0) is 15.9. The van der Waals surface area contributed by atoms with Crippen molar-refractivity contribution in [3.8, 4) is 0 Å². The summed E-state index contributed by atoms with van der Waals surface area (Å²) in [6, 6.07) is 11.0. The molecular formula is C19H28N2O2. The van der Waals surface area contributed by atoms with Crippen molar-refractivity contribution in [1.29, 1.82) is 0 Å². The topological polar surface area (TPSA) is 32.8 Å². The van der Waals surface area contributed by atoms with Crippen LogP contribution < -0.4 is 0 Å². The first-order valence-electron chi connectivity index (χ1n) is 8.96. The zero-order valence-electron chi connectivity index (χ0n) is 14.0. The largest absolute Gasteiger partial charge is 0.379 e. The molecule has 23 heavy (non-hydrogen) atoms. The van der Waals surface area contributed by atoms with Crippen molar-refractivity contribution in [3.05, 3.63) is 35.9 Å². The van der Waals surface area contributed by atoms with Gasteiger partial charge >= 0.3 is 0 Å². The Morgan fingerprint density at radius 1 is 1.09 bits per heavy atom. The Morgan fingerprint density at radius 3 is 2.65 bits per heavy atom. The van der Waals surface area contributed by atoms with Crippen molar-refractivity contribution in [1.82, 2.24) is 9.80 Å². The number of rotatable bonds is 5. The highest BCUT2D eigenvalue weighted by molar-refractivity contribution is 5.78. The van der Waals surface area contributed by atoms with Gasteiger partial charge in [0.2, 0.25) is 5.91 Å². The van der Waals surface area contributed by atoms with Crippen molar-refractivity contribution in [3.63, 3.8) is 0 Å². The summed E-state index contributed by atoms with van der Waals surface area (Å²) < 4.78 is 5.37. The number of carbonyl (C=O) groups is 1. The van der Waals surface area contributed by atoms with Gasteiger partial charge in [-0.3, -0.25) is 9.69 Å². The fraction of sp³-hybridized carbons (Fsp3) is 0.632. The van der Waals surface area contributed by atoms with Crippen molar-refractivity contribution in [2.24, 2.45) is 0 Å². The van der Waals surface area contributed by atoms with Gasteiger partial charge in [-0.2, -0.15) is 0 Å². The number of hydrogen-bond donors (Lipinski definition) is 0. The third kappa shape index (κ3) is 4.79. The monoisotopic (exact) mass is 316 g/mol. The molecule has 4 nitrogen and oxygen atoms in total. The van der Waals surface area contributed by atoms with Crippen LogP contribution in [0.3, 0.4) is 0 Å². The highest BCUT2D eigenvalue weighted by Gasteiger charge is 2.27. The molecule has 2 aliphatic rings. The van der Waals surface area contributed by atoms with E-state index in [2.05, 4.69) is 40.1 Å². The van der Waals surface area contributed by atoms with Crippen LogP contribution in [-0.2, 0) is 16.0 Å². The van der Waals surface area contributed by atoms with E-state index in [-0.39, 0.29) is 0 Å². The van der Waals surface area contributed by atoms with Crippen LogP contribution in [-0.4, -0.2) is 61.1 Å². The Kier molecular flexibility index (Phi) is 6.06. The molecule has 0 unspecified atom stereocenters. The van der Waals surface area contributed by atoms with Gasteiger partial charge in [0, 0.05) is 25.7 Å². The van der Waals surface area contributed by atoms with Crippen LogP contribution in [0.15, 0.2) is 30.3 Å². The molecule has 0 bridgehead atoms. The Morgan fingerprint density at radius 2 is 1.87 bits per heavy atom. The highest BCUT2D eigenvalue weighted by Crippen LogP contribution is 2.22. The van der Waals surface area contributed by atoms with Crippen molar-refractivity contribution >= 4 is 5.91 Å². The predicted molar refractivity (Wildman–Crippen MR) is 91.4 cm³/mol. The minimum Gasteiger partial charge on any atom is -0.379 e. The Hall–Kier alpha value is -1.39. The lowest BCUT2D eigenvalue weighted by Gasteiger charge is -2.37. The molecule has 0 radical (unpaired) electrons. The van der Waals surface area contributed by atoms with Gasteiger partial charge in [-0.1, -0.05) is 30.3 Å². The molecule has 4 heteroatoms. The molecule has 3 rings (SSSR count). The quantitative estimate of drug-likeness (QED) is 0.836. The van der Waals surface area contributed by atoms with Crippen LogP contribution in [0.1, 0.15) is 31.2 Å². The van der Waals surface area contributed by atoms with Crippen molar-refractivity contribution in [2.75, 3.05) is 39.4 Å². The number of aryl methyl sites for hydroxylation is 1. The molecule has 2 aliphatic heterocycles. The van der Waals surface area contributed by atoms with Crippen LogP contribution in [0.2, 0.25) is 0 Å². The molecule has 2 heterocycles. The first-order valence-corrected chi connectivity index (χ1v) is 8.96. The highest BCUT2D eigenvalue weighted by atomic mass is 16.5. The van der Waals surface area contributed by atoms with Gasteiger partial charge < -0.3 is 9.64 Å². The Labute approximate surface area is 139 Å². The van der Waals surface area contributed by atoms with Gasteiger partial charge in [-0.25, -0.2) is 0 Å². The van der Waals surface area contributed by atoms with E-state index >= 15 is 0 Å². The second-order valence-corrected chi connectivity index (χ2v) is 6.65. The van der Waals surface area contributed by atoms with Crippen LogP contribution in [0.25, 0.3) is 0 Å². The average Bonchev–Trinajstić information content (AvgIpc) is 2.62. The smallest absolute Gasteiger partial charge is 0.236 e. The lowest BCUT2D eigenvalue weighted by molar-refractivity contribution is -0.137. The van der Waals surface area contributed by atoms with Gasteiger partial charge in [-0.05, 0) is 37.7 Å². The second-order valence-electron chi connectivity index (χ2n) is 6.65. The molecule has 0 spiro atoms. The lowest BCUT2D eigenvalue weighted by Crippen LogP contribution is -2.50. The van der Waals surface area contributed by atoms with E-state index in [9.17, 15) is 4.79 Å². The molecule has 0 saturated carbocycles. The van der Waals surface area contributed by atoms with E-state index in [1.54, 1.807) is 0 Å². The summed E-state index contributed by atoms with van der Waals surface area (Å²) in [6.45, 7) is 4.77. The number of ether oxygens (including phenoxy) is 1. The van der Waals surface area contributed by atoms with Gasteiger partial charge in [-0.15, -0.1) is 0 Å². The fourth-order valence-electron chi connectivity index (χ4n) is 3.65. The summed E-state index contributed by atoms with van der Waals surface area (Å²) in [6.07, 6.45) is 5.70. The number of nitrogens with zero attached hydrogens (tertiary/aromatic N) is 2. The first kappa shape index (κ1) is 16.5. The third-order valence-electron chi connectivity index (χ3n) is 5.02. The molecular weight excluding hydrogens is 288 g/mol. The first-order chi connectivity index (χ1) is 11.3. The number of carbonyl (C=O) groups excluding carboxylic acids is 1. The number of amides is 1. The van der Waals surface area contributed by atoms with Crippen molar-refractivity contribution < 1.29 is 9.53 Å². The minimum atomic E-state index is 0.310. The number of hydrogen-bond acceptors (Lipinski definition) is 3. The molecule has 1 aromatic rings. The minimum absolute atomic E-state index is 0.310. The second kappa shape index (κ2) is 8.46. The molecule has 2 saturated heterocycles. The van der Waals surface area contributed by atoms with E-state index in [1.165, 1.54) is 12.0 Å². The molecule has 0 N–H and O–H groups in total. The summed E-state index contributed by atoms with van der Waals surface area (Å²) in [4.78, 5) is 17.1. The van der Waals surface area contributed by atoms with Gasteiger partial charge in [0.05, 0.1) is 19.8 Å². The fourth-order valence-corrected chi connectivity index (χ4v) is 3.65. The summed E-state index contributed by atoms with van der Waals surface area (Å²) >= 11 is 0. The SMILES string of the molecule is O=C(CN1CCOCC1)N1CCCC[C@H]1CCc1ccccc1. The van der Waals surface area contributed by atoms with Crippen molar-refractivity contribution in [2.45, 2.75) is 38.1 Å². The molecule has 0 aliphatic carbocycles. The lowest BCUT2D eigenvalue weighted by atomic mass is 9.95. The molecule has 126 valence electrons. The van der Waals surface area contributed by atoms with E-state index in [4.69, 9.17) is 4.74 Å². The molecule has 1 aromatic carbocycles. The van der Waals surface area contributed by atoms with E-state index < -0.39 is 0 Å². The Bertz CT molecular complexity index is 485. The summed E-state index contributed by atoms with van der Waals surface area (Å²) in [5, 5.41) is 0. The van der Waals surface area contributed by atoms with E-state index in [0.29, 0.717) is 18.5 Å². The van der Waals surface area contributed by atoms with Crippen LogP contribution >= 0.6 is 0 Å². The predicted octanol–water partition coefficient (Wildman–Crippen LogP) is 2.33. The summed E-state index contributed by atoms with van der Waals surface area (Å²) in [5.41, 5.74) is 1.37. The number of piperidine rings is 1. The van der Waals surface area contributed by atoms with Crippen LogP contribution in [0.4, 0.5) is 0 Å². The maximum Gasteiger partial charge on any atom is 0.236 e. The van der Waals surface area contributed by atoms with Gasteiger partial charge in [0.15, 0.2) is 0 Å². The zero-order valence-corrected chi connectivity index (χ0v) is 14.0. The van der Waals surface area contributed by atoms with Gasteiger partial charge in [0.25, 0.3) is 0 Å². The molecule has 1 amide bonds. The van der Waals surface area contributed by atoms with Crippen LogP contribution in [0.5, 0.6) is 0 Å². The van der Waals surface area contributed by atoms with E-state index in [1.807, 2.05) is 0 Å². The average molecular weight is 316 g/mol. The third-order valence-corrected chi connectivity index (χ3v) is 5.02. The molecule has 0 aromatic heterocycles. The van der Waals surface area contributed by atoms with Crippen LogP contribution in [0, 0.1) is 0 Å². The molecule has 1 atom stereocenters. The summed E-state index contributed by atoms with van der Waals surface area (Å²) in [5.74, 6) is 0.310. The van der Waals surface area contributed by atoms with Gasteiger partial charge in [0.1, 0.15) is 0 Å². The maximum absolute atomic E-state index is 12.7. The molecule has 2 fully saturated rings.